The van der Waals surface area contributed by atoms with Crippen LogP contribution in [0.5, 0.6) is 5.75 Å². The van der Waals surface area contributed by atoms with Gasteiger partial charge in [-0.15, -0.1) is 0 Å². The molecule has 1 atom stereocenters. The third-order valence-electron chi connectivity index (χ3n) is 3.65. The minimum absolute atomic E-state index is 0.121. The third kappa shape index (κ3) is 4.20. The summed E-state index contributed by atoms with van der Waals surface area (Å²) in [7, 11) is 0. The molecule has 120 valence electrons. The summed E-state index contributed by atoms with van der Waals surface area (Å²) in [5.74, 6) is 0.613. The van der Waals surface area contributed by atoms with Crippen LogP contribution in [-0.4, -0.2) is 42.1 Å². The predicted molar refractivity (Wildman–Crippen MR) is 87.0 cm³/mol. The SMILES string of the molecule is O=C(NC(Oc1cccnc1)c1ccccc1)N1CCNCC1. The first-order chi connectivity index (χ1) is 11.3. The number of benzene rings is 1. The molecule has 2 aromatic rings. The Kier molecular flexibility index (Phi) is 5.06. The van der Waals surface area contributed by atoms with Crippen LogP contribution in [0.4, 0.5) is 4.79 Å². The molecule has 0 saturated carbocycles. The Morgan fingerprint density at radius 3 is 2.65 bits per heavy atom. The highest BCUT2D eigenvalue weighted by molar-refractivity contribution is 5.74. The van der Waals surface area contributed by atoms with Crippen LogP contribution in [0.25, 0.3) is 0 Å². The van der Waals surface area contributed by atoms with Gasteiger partial charge >= 0.3 is 6.03 Å². The molecule has 0 radical (unpaired) electrons. The van der Waals surface area contributed by atoms with Crippen molar-refractivity contribution in [2.45, 2.75) is 6.23 Å². The van der Waals surface area contributed by atoms with Gasteiger partial charge in [0.15, 0.2) is 6.23 Å². The highest BCUT2D eigenvalue weighted by atomic mass is 16.5. The van der Waals surface area contributed by atoms with E-state index in [1.54, 1.807) is 23.4 Å². The van der Waals surface area contributed by atoms with Crippen molar-refractivity contribution in [1.82, 2.24) is 20.5 Å². The lowest BCUT2D eigenvalue weighted by Crippen LogP contribution is -2.51. The number of carbonyl (C=O) groups excluding carboxylic acids is 1. The van der Waals surface area contributed by atoms with Crippen molar-refractivity contribution < 1.29 is 9.53 Å². The summed E-state index contributed by atoms with van der Waals surface area (Å²) in [6, 6.07) is 13.1. The van der Waals surface area contributed by atoms with E-state index in [0.717, 1.165) is 18.7 Å². The van der Waals surface area contributed by atoms with E-state index in [-0.39, 0.29) is 6.03 Å². The Hall–Kier alpha value is -2.60. The van der Waals surface area contributed by atoms with Gasteiger partial charge in [0, 0.05) is 37.9 Å². The first-order valence-corrected chi connectivity index (χ1v) is 7.71. The van der Waals surface area contributed by atoms with Gasteiger partial charge < -0.3 is 15.0 Å². The van der Waals surface area contributed by atoms with Crippen molar-refractivity contribution in [2.75, 3.05) is 26.2 Å². The zero-order valence-corrected chi connectivity index (χ0v) is 12.8. The lowest BCUT2D eigenvalue weighted by Gasteiger charge is -2.30. The summed E-state index contributed by atoms with van der Waals surface area (Å²) in [4.78, 5) is 18.3. The molecule has 2 heterocycles. The number of nitrogens with one attached hydrogen (secondary N) is 2. The van der Waals surface area contributed by atoms with E-state index in [1.165, 1.54) is 0 Å². The molecule has 0 spiro atoms. The smallest absolute Gasteiger partial charge is 0.320 e. The molecule has 6 nitrogen and oxygen atoms in total. The van der Waals surface area contributed by atoms with Crippen LogP contribution < -0.4 is 15.4 Å². The van der Waals surface area contributed by atoms with Crippen LogP contribution in [0.2, 0.25) is 0 Å². The summed E-state index contributed by atoms with van der Waals surface area (Å²) in [6.45, 7) is 3.01. The summed E-state index contributed by atoms with van der Waals surface area (Å²) < 4.78 is 5.93. The van der Waals surface area contributed by atoms with Gasteiger partial charge in [0.05, 0.1) is 6.20 Å². The van der Waals surface area contributed by atoms with Crippen LogP contribution in [0.1, 0.15) is 11.8 Å². The van der Waals surface area contributed by atoms with Crippen LogP contribution in [0.3, 0.4) is 0 Å². The highest BCUT2D eigenvalue weighted by Crippen LogP contribution is 2.19. The fourth-order valence-corrected chi connectivity index (χ4v) is 2.43. The monoisotopic (exact) mass is 312 g/mol. The van der Waals surface area contributed by atoms with Gasteiger partial charge in [0.25, 0.3) is 0 Å². The average molecular weight is 312 g/mol. The van der Waals surface area contributed by atoms with Crippen molar-refractivity contribution in [1.29, 1.82) is 0 Å². The van der Waals surface area contributed by atoms with Crippen molar-refractivity contribution in [3.05, 3.63) is 60.4 Å². The Balaban J connectivity index is 1.73. The maximum Gasteiger partial charge on any atom is 0.320 e. The number of aromatic nitrogens is 1. The molecular formula is C17H20N4O2. The van der Waals surface area contributed by atoms with Crippen LogP contribution in [0, 0.1) is 0 Å². The first kappa shape index (κ1) is 15.3. The van der Waals surface area contributed by atoms with Crippen molar-refractivity contribution in [3.63, 3.8) is 0 Å². The number of pyridine rings is 1. The number of rotatable bonds is 4. The van der Waals surface area contributed by atoms with Gasteiger partial charge in [0.1, 0.15) is 5.75 Å². The van der Waals surface area contributed by atoms with Crippen LogP contribution in [-0.2, 0) is 0 Å². The summed E-state index contributed by atoms with van der Waals surface area (Å²) in [5, 5.41) is 6.19. The van der Waals surface area contributed by atoms with Crippen molar-refractivity contribution >= 4 is 6.03 Å². The predicted octanol–water partition coefficient (Wildman–Crippen LogP) is 1.77. The maximum absolute atomic E-state index is 12.5. The van der Waals surface area contributed by atoms with E-state index in [1.807, 2.05) is 36.4 Å². The molecule has 0 bridgehead atoms. The summed E-state index contributed by atoms with van der Waals surface area (Å²) in [6.07, 6.45) is 2.76. The second-order valence-corrected chi connectivity index (χ2v) is 5.28. The molecule has 1 aliphatic rings. The molecule has 0 aliphatic carbocycles. The number of amides is 2. The fraction of sp³-hybridized carbons (Fsp3) is 0.294. The Bertz CT molecular complexity index is 615. The molecule has 2 amide bonds. The molecule has 1 fully saturated rings. The Morgan fingerprint density at radius 1 is 1.17 bits per heavy atom. The normalized spacial score (nSPS) is 15.7. The molecule has 6 heteroatoms. The molecular weight excluding hydrogens is 292 g/mol. The third-order valence-corrected chi connectivity index (χ3v) is 3.65. The zero-order chi connectivity index (χ0) is 15.9. The minimum Gasteiger partial charge on any atom is -0.465 e. The van der Waals surface area contributed by atoms with Crippen molar-refractivity contribution in [3.8, 4) is 5.75 Å². The molecule has 1 aromatic carbocycles. The Labute approximate surface area is 135 Å². The zero-order valence-electron chi connectivity index (χ0n) is 12.8. The number of hydrogen-bond donors (Lipinski definition) is 2. The number of ether oxygens (including phenoxy) is 1. The summed E-state index contributed by atoms with van der Waals surface area (Å²) in [5.41, 5.74) is 0.889. The van der Waals surface area contributed by atoms with E-state index in [4.69, 9.17) is 4.74 Å². The molecule has 1 saturated heterocycles. The second-order valence-electron chi connectivity index (χ2n) is 5.28. The van der Waals surface area contributed by atoms with E-state index >= 15 is 0 Å². The van der Waals surface area contributed by atoms with Gasteiger partial charge in [-0.25, -0.2) is 4.79 Å². The van der Waals surface area contributed by atoms with Crippen LogP contribution in [0.15, 0.2) is 54.9 Å². The molecule has 3 rings (SSSR count). The molecule has 23 heavy (non-hydrogen) atoms. The number of urea groups is 1. The number of hydrogen-bond acceptors (Lipinski definition) is 4. The quantitative estimate of drug-likeness (QED) is 0.845. The van der Waals surface area contributed by atoms with Gasteiger partial charge in [-0.05, 0) is 12.1 Å². The first-order valence-electron chi connectivity index (χ1n) is 7.71. The lowest BCUT2D eigenvalue weighted by molar-refractivity contribution is 0.140. The highest BCUT2D eigenvalue weighted by Gasteiger charge is 2.21. The molecule has 1 aromatic heterocycles. The average Bonchev–Trinajstić information content (AvgIpc) is 2.63. The minimum atomic E-state index is -0.553. The van der Waals surface area contributed by atoms with Gasteiger partial charge in [-0.3, -0.25) is 10.3 Å². The van der Waals surface area contributed by atoms with Gasteiger partial charge in [-0.2, -0.15) is 0 Å². The van der Waals surface area contributed by atoms with Gasteiger partial charge in [0.2, 0.25) is 0 Å². The van der Waals surface area contributed by atoms with E-state index < -0.39 is 6.23 Å². The lowest BCUT2D eigenvalue weighted by atomic mass is 10.2. The largest absolute Gasteiger partial charge is 0.465 e. The maximum atomic E-state index is 12.5. The van der Waals surface area contributed by atoms with E-state index in [9.17, 15) is 4.79 Å². The van der Waals surface area contributed by atoms with Crippen molar-refractivity contribution in [2.24, 2.45) is 0 Å². The Morgan fingerprint density at radius 2 is 1.96 bits per heavy atom. The topological polar surface area (TPSA) is 66.5 Å². The number of carbonyl (C=O) groups is 1. The fourth-order valence-electron chi connectivity index (χ4n) is 2.43. The van der Waals surface area contributed by atoms with Gasteiger partial charge in [-0.1, -0.05) is 30.3 Å². The molecule has 1 aliphatic heterocycles. The molecule has 1 unspecified atom stereocenters. The second kappa shape index (κ2) is 7.60. The number of piperazine rings is 1. The molecule has 2 N–H and O–H groups in total. The van der Waals surface area contributed by atoms with E-state index in [0.29, 0.717) is 18.8 Å². The summed E-state index contributed by atoms with van der Waals surface area (Å²) >= 11 is 0. The van der Waals surface area contributed by atoms with E-state index in [2.05, 4.69) is 15.6 Å². The van der Waals surface area contributed by atoms with Crippen LogP contribution >= 0.6 is 0 Å². The standard InChI is InChI=1S/C17H20N4O2/c22-17(21-11-9-18-10-12-21)20-16(14-5-2-1-3-6-14)23-15-7-4-8-19-13-15/h1-8,13,16,18H,9-12H2,(H,20,22). The number of nitrogens with zero attached hydrogens (tertiary/aromatic N) is 2.